The summed E-state index contributed by atoms with van der Waals surface area (Å²) in [7, 11) is 0. The van der Waals surface area contributed by atoms with E-state index in [4.69, 9.17) is 11.0 Å². The maximum atomic E-state index is 8.50. The molecular formula is C13H10N2. The van der Waals surface area contributed by atoms with Crippen LogP contribution in [0.25, 0.3) is 16.5 Å². The molecule has 2 aromatic rings. The fraction of sp³-hybridized carbons (Fsp3) is 0. The van der Waals surface area contributed by atoms with Crippen molar-refractivity contribution in [3.05, 3.63) is 54.1 Å². The summed E-state index contributed by atoms with van der Waals surface area (Å²) in [6, 6.07) is 15.9. The fourth-order valence-corrected chi connectivity index (χ4v) is 1.52. The lowest BCUT2D eigenvalue weighted by molar-refractivity contribution is 1.50. The number of benzene rings is 2. The molecule has 0 aliphatic heterocycles. The summed E-state index contributed by atoms with van der Waals surface area (Å²) in [6.07, 6.45) is 1.35. The van der Waals surface area contributed by atoms with E-state index in [2.05, 4.69) is 0 Å². The Kier molecular flexibility index (Phi) is 2.38. The van der Waals surface area contributed by atoms with Crippen molar-refractivity contribution >= 4 is 16.5 Å². The summed E-state index contributed by atoms with van der Waals surface area (Å²) in [5.41, 5.74) is 7.12. The molecule has 2 rings (SSSR count). The van der Waals surface area contributed by atoms with E-state index in [-0.39, 0.29) is 0 Å². The van der Waals surface area contributed by atoms with Crippen LogP contribution in [0.1, 0.15) is 5.56 Å². The van der Waals surface area contributed by atoms with Gasteiger partial charge in [-0.2, -0.15) is 5.26 Å². The van der Waals surface area contributed by atoms with Crippen molar-refractivity contribution in [3.63, 3.8) is 0 Å². The Labute approximate surface area is 88.3 Å². The van der Waals surface area contributed by atoms with Gasteiger partial charge in [-0.15, -0.1) is 0 Å². The minimum atomic E-state index is 0.503. The minimum absolute atomic E-state index is 0.503. The maximum absolute atomic E-state index is 8.50. The number of hydrogen-bond acceptors (Lipinski definition) is 2. The molecule has 2 N–H and O–H groups in total. The van der Waals surface area contributed by atoms with E-state index in [0.29, 0.717) is 5.70 Å². The van der Waals surface area contributed by atoms with E-state index in [1.165, 1.54) is 11.5 Å². The molecule has 0 bridgehead atoms. The van der Waals surface area contributed by atoms with Crippen LogP contribution in [0.2, 0.25) is 0 Å². The molecular weight excluding hydrogens is 184 g/mol. The normalized spacial score (nSPS) is 11.3. The summed E-state index contributed by atoms with van der Waals surface area (Å²) in [5, 5.41) is 10.8. The number of nitrogens with zero attached hydrogens (tertiary/aromatic N) is 1. The number of rotatable bonds is 1. The van der Waals surface area contributed by atoms with Gasteiger partial charge >= 0.3 is 0 Å². The second kappa shape index (κ2) is 3.85. The summed E-state index contributed by atoms with van der Waals surface area (Å²) in [5.74, 6) is 0. The molecule has 15 heavy (non-hydrogen) atoms. The van der Waals surface area contributed by atoms with Crippen molar-refractivity contribution in [3.8, 4) is 6.07 Å². The van der Waals surface area contributed by atoms with Crippen LogP contribution >= 0.6 is 0 Å². The number of fused-ring (bicyclic) bond motifs is 1. The molecule has 72 valence electrons. The molecule has 0 fully saturated rings. The zero-order chi connectivity index (χ0) is 10.7. The highest BCUT2D eigenvalue weighted by atomic mass is 14.6. The lowest BCUT2D eigenvalue weighted by Gasteiger charge is -2.02. The average Bonchev–Trinajstić information content (AvgIpc) is 2.29. The Morgan fingerprint density at radius 3 is 2.60 bits per heavy atom. The average molecular weight is 194 g/mol. The smallest absolute Gasteiger partial charge is 0.0933 e. The van der Waals surface area contributed by atoms with Gasteiger partial charge in [-0.25, -0.2) is 0 Å². The van der Waals surface area contributed by atoms with E-state index in [9.17, 15) is 0 Å². The quantitative estimate of drug-likeness (QED) is 0.709. The van der Waals surface area contributed by atoms with Crippen LogP contribution in [0.3, 0.4) is 0 Å². The van der Waals surface area contributed by atoms with Crippen LogP contribution in [0.5, 0.6) is 0 Å². The third-order valence-electron chi connectivity index (χ3n) is 2.30. The Morgan fingerprint density at radius 1 is 1.13 bits per heavy atom. The number of allylic oxidation sites excluding steroid dienone is 1. The predicted molar refractivity (Wildman–Crippen MR) is 61.7 cm³/mol. The van der Waals surface area contributed by atoms with E-state index in [0.717, 1.165) is 10.9 Å². The molecule has 0 aliphatic rings. The van der Waals surface area contributed by atoms with Gasteiger partial charge < -0.3 is 5.73 Å². The van der Waals surface area contributed by atoms with E-state index >= 15 is 0 Å². The molecule has 2 aromatic carbocycles. The molecule has 0 unspecified atom stereocenters. The van der Waals surface area contributed by atoms with E-state index in [1.807, 2.05) is 48.5 Å². The Balaban J connectivity index is 2.57. The van der Waals surface area contributed by atoms with Crippen molar-refractivity contribution in [2.75, 3.05) is 0 Å². The second-order valence-electron chi connectivity index (χ2n) is 3.29. The topological polar surface area (TPSA) is 49.8 Å². The molecule has 0 amide bonds. The number of nitrogens with two attached hydrogens (primary N) is 1. The van der Waals surface area contributed by atoms with Gasteiger partial charge in [-0.1, -0.05) is 36.4 Å². The minimum Gasteiger partial charge on any atom is -0.398 e. The third kappa shape index (κ3) is 1.82. The van der Waals surface area contributed by atoms with Gasteiger partial charge in [0.05, 0.1) is 6.07 Å². The lowest BCUT2D eigenvalue weighted by atomic mass is 10.1. The monoisotopic (exact) mass is 194 g/mol. The van der Waals surface area contributed by atoms with Gasteiger partial charge in [0.1, 0.15) is 0 Å². The largest absolute Gasteiger partial charge is 0.398 e. The maximum Gasteiger partial charge on any atom is 0.0933 e. The Hall–Kier alpha value is -2.27. The van der Waals surface area contributed by atoms with Gasteiger partial charge in [0.15, 0.2) is 0 Å². The summed E-state index contributed by atoms with van der Waals surface area (Å²) in [6.45, 7) is 0. The van der Waals surface area contributed by atoms with Crippen molar-refractivity contribution in [1.29, 1.82) is 5.26 Å². The van der Waals surface area contributed by atoms with Gasteiger partial charge in [-0.05, 0) is 22.4 Å². The lowest BCUT2D eigenvalue weighted by Crippen LogP contribution is -1.95. The van der Waals surface area contributed by atoms with E-state index < -0.39 is 0 Å². The van der Waals surface area contributed by atoms with Crippen LogP contribution in [0.15, 0.2) is 48.5 Å². The molecule has 0 aromatic heterocycles. The zero-order valence-electron chi connectivity index (χ0n) is 8.14. The zero-order valence-corrected chi connectivity index (χ0v) is 8.14. The van der Waals surface area contributed by atoms with Gasteiger partial charge in [0, 0.05) is 11.8 Å². The van der Waals surface area contributed by atoms with Crippen molar-refractivity contribution in [2.45, 2.75) is 0 Å². The summed E-state index contributed by atoms with van der Waals surface area (Å²) in [4.78, 5) is 0. The molecule has 0 saturated carbocycles. The van der Waals surface area contributed by atoms with Crippen LogP contribution in [-0.2, 0) is 0 Å². The van der Waals surface area contributed by atoms with Crippen molar-refractivity contribution in [1.82, 2.24) is 0 Å². The van der Waals surface area contributed by atoms with Crippen LogP contribution in [-0.4, -0.2) is 0 Å². The standard InChI is InChI=1S/C13H10N2/c14-8-7-13(15)12-6-5-10-3-1-2-4-11(10)9-12/h1-7,9H,15H2. The molecule has 2 heteroatoms. The summed E-state index contributed by atoms with van der Waals surface area (Å²) >= 11 is 0. The van der Waals surface area contributed by atoms with Gasteiger partial charge in [-0.3, -0.25) is 0 Å². The van der Waals surface area contributed by atoms with Crippen molar-refractivity contribution in [2.24, 2.45) is 5.73 Å². The first-order valence-electron chi connectivity index (χ1n) is 4.66. The number of nitriles is 1. The van der Waals surface area contributed by atoms with Crippen molar-refractivity contribution < 1.29 is 0 Å². The molecule has 0 radical (unpaired) electrons. The number of hydrogen-bond donors (Lipinski definition) is 1. The van der Waals surface area contributed by atoms with Crippen LogP contribution < -0.4 is 5.73 Å². The van der Waals surface area contributed by atoms with Crippen LogP contribution in [0, 0.1) is 11.3 Å². The highest BCUT2D eigenvalue weighted by molar-refractivity contribution is 5.86. The molecule has 0 heterocycles. The first-order valence-corrected chi connectivity index (χ1v) is 4.66. The first-order chi connectivity index (χ1) is 7.31. The van der Waals surface area contributed by atoms with Crippen LogP contribution in [0.4, 0.5) is 0 Å². The molecule has 0 spiro atoms. The first kappa shape index (κ1) is 9.29. The fourth-order valence-electron chi connectivity index (χ4n) is 1.52. The van der Waals surface area contributed by atoms with Gasteiger partial charge in [0.25, 0.3) is 0 Å². The Bertz CT molecular complexity index is 562. The predicted octanol–water partition coefficient (Wildman–Crippen LogP) is 2.66. The second-order valence-corrected chi connectivity index (χ2v) is 3.29. The Morgan fingerprint density at radius 2 is 1.87 bits per heavy atom. The molecule has 0 atom stereocenters. The summed E-state index contributed by atoms with van der Waals surface area (Å²) < 4.78 is 0. The van der Waals surface area contributed by atoms with E-state index in [1.54, 1.807) is 0 Å². The molecule has 2 nitrogen and oxygen atoms in total. The van der Waals surface area contributed by atoms with Gasteiger partial charge in [0.2, 0.25) is 0 Å². The molecule has 0 saturated heterocycles. The third-order valence-corrected chi connectivity index (χ3v) is 2.30. The molecule has 0 aliphatic carbocycles. The highest BCUT2D eigenvalue weighted by Gasteiger charge is 1.97. The highest BCUT2D eigenvalue weighted by Crippen LogP contribution is 2.18. The SMILES string of the molecule is N#CC=C(N)c1ccc2ccccc2c1.